The molecule has 0 saturated carbocycles. The van der Waals surface area contributed by atoms with Crippen molar-refractivity contribution in [3.8, 4) is 6.07 Å². The lowest BCUT2D eigenvalue weighted by Gasteiger charge is -2.31. The molecular formula is C22H16BrCl2N3O4S. The van der Waals surface area contributed by atoms with E-state index in [1.165, 1.54) is 13.2 Å². The second-order valence-electron chi connectivity index (χ2n) is 6.84. The summed E-state index contributed by atoms with van der Waals surface area (Å²) in [4.78, 5) is 37.7. The minimum absolute atomic E-state index is 0.117. The van der Waals surface area contributed by atoms with E-state index in [0.29, 0.717) is 16.3 Å². The second-order valence-corrected chi connectivity index (χ2v) is 9.58. The average molecular weight is 569 g/mol. The third kappa shape index (κ3) is 5.89. The van der Waals surface area contributed by atoms with Crippen LogP contribution in [-0.2, 0) is 19.1 Å². The normalized spacial score (nSPS) is 17.7. The summed E-state index contributed by atoms with van der Waals surface area (Å²) >= 11 is 16.3. The van der Waals surface area contributed by atoms with Crippen LogP contribution < -0.4 is 10.6 Å². The van der Waals surface area contributed by atoms with Gasteiger partial charge in [-0.2, -0.15) is 5.26 Å². The van der Waals surface area contributed by atoms with E-state index in [2.05, 4.69) is 32.6 Å². The van der Waals surface area contributed by atoms with Gasteiger partial charge in [0.15, 0.2) is 0 Å². The van der Waals surface area contributed by atoms with Crippen molar-refractivity contribution >= 4 is 74.4 Å². The zero-order valence-corrected chi connectivity index (χ0v) is 20.9. The van der Waals surface area contributed by atoms with Crippen molar-refractivity contribution in [3.05, 3.63) is 73.1 Å². The molecule has 2 aromatic rings. The molecule has 0 radical (unpaired) electrons. The predicted octanol–water partition coefficient (Wildman–Crippen LogP) is 4.87. The predicted molar refractivity (Wildman–Crippen MR) is 131 cm³/mol. The van der Waals surface area contributed by atoms with Crippen molar-refractivity contribution < 1.29 is 19.1 Å². The molecule has 2 N–H and O–H groups in total. The highest BCUT2D eigenvalue weighted by atomic mass is 79.9. The number of carbonyl (C=O) groups excluding carboxylic acids is 3. The summed E-state index contributed by atoms with van der Waals surface area (Å²) in [7, 11) is 1.18. The molecule has 11 heteroatoms. The number of halogens is 3. The fourth-order valence-electron chi connectivity index (χ4n) is 3.29. The minimum Gasteiger partial charge on any atom is -0.468 e. The molecule has 3 rings (SSSR count). The van der Waals surface area contributed by atoms with Crippen LogP contribution in [0.4, 0.5) is 5.69 Å². The topological polar surface area (TPSA) is 108 Å². The quantitative estimate of drug-likeness (QED) is 0.380. The Morgan fingerprint density at radius 1 is 1.27 bits per heavy atom. The molecule has 7 nitrogen and oxygen atoms in total. The van der Waals surface area contributed by atoms with Gasteiger partial charge in [-0.25, -0.2) is 0 Å². The smallest absolute Gasteiger partial charge is 0.319 e. The first-order valence-corrected chi connectivity index (χ1v) is 11.9. The lowest BCUT2D eigenvalue weighted by Crippen LogP contribution is -2.44. The number of hydrogen-bond donors (Lipinski definition) is 2. The summed E-state index contributed by atoms with van der Waals surface area (Å²) in [5.74, 6) is -4.01. The number of amides is 2. The van der Waals surface area contributed by atoms with Crippen molar-refractivity contribution in [1.82, 2.24) is 5.32 Å². The number of allylic oxidation sites excluding steroid dienone is 1. The molecule has 0 unspecified atom stereocenters. The van der Waals surface area contributed by atoms with Crippen molar-refractivity contribution in [1.29, 1.82) is 5.26 Å². The number of esters is 1. The number of nitrogens with zero attached hydrogens (tertiary/aromatic N) is 1. The molecule has 1 aliphatic rings. The second kappa shape index (κ2) is 11.1. The molecule has 33 heavy (non-hydrogen) atoms. The Balaban J connectivity index is 1.89. The van der Waals surface area contributed by atoms with Gasteiger partial charge >= 0.3 is 5.97 Å². The molecule has 1 aliphatic heterocycles. The average Bonchev–Trinajstić information content (AvgIpc) is 2.78. The third-order valence-electron chi connectivity index (χ3n) is 4.74. The zero-order valence-electron chi connectivity index (χ0n) is 17.0. The van der Waals surface area contributed by atoms with Gasteiger partial charge in [0.05, 0.1) is 40.2 Å². The molecule has 0 fully saturated rings. The van der Waals surface area contributed by atoms with E-state index in [-0.39, 0.29) is 21.4 Å². The van der Waals surface area contributed by atoms with Gasteiger partial charge < -0.3 is 15.4 Å². The summed E-state index contributed by atoms with van der Waals surface area (Å²) in [5.41, 5.74) is 1.12. The molecule has 0 spiro atoms. The van der Waals surface area contributed by atoms with Gasteiger partial charge in [0.25, 0.3) is 0 Å². The highest BCUT2D eigenvalue weighted by Gasteiger charge is 2.44. The molecule has 0 saturated heterocycles. The molecular weight excluding hydrogens is 553 g/mol. The largest absolute Gasteiger partial charge is 0.468 e. The fraction of sp³-hybridized carbons (Fsp3) is 0.182. The maximum atomic E-state index is 12.8. The summed E-state index contributed by atoms with van der Waals surface area (Å²) in [5, 5.41) is 16.1. The van der Waals surface area contributed by atoms with Crippen molar-refractivity contribution in [2.24, 2.45) is 5.92 Å². The van der Waals surface area contributed by atoms with Crippen molar-refractivity contribution in [2.75, 3.05) is 18.2 Å². The van der Waals surface area contributed by atoms with Gasteiger partial charge in [-0.05, 0) is 35.9 Å². The maximum Gasteiger partial charge on any atom is 0.319 e. The Morgan fingerprint density at radius 3 is 2.67 bits per heavy atom. The van der Waals surface area contributed by atoms with E-state index in [1.54, 1.807) is 36.4 Å². The summed E-state index contributed by atoms with van der Waals surface area (Å²) in [6.07, 6.45) is 0. The van der Waals surface area contributed by atoms with Crippen molar-refractivity contribution in [2.45, 2.75) is 5.92 Å². The van der Waals surface area contributed by atoms with Gasteiger partial charge in [0, 0.05) is 15.4 Å². The molecule has 0 aromatic heterocycles. The molecule has 2 amide bonds. The third-order valence-corrected chi connectivity index (χ3v) is 6.80. The monoisotopic (exact) mass is 567 g/mol. The van der Waals surface area contributed by atoms with Gasteiger partial charge in [-0.1, -0.05) is 63.0 Å². The number of anilines is 1. The van der Waals surface area contributed by atoms with E-state index < -0.39 is 29.6 Å². The summed E-state index contributed by atoms with van der Waals surface area (Å²) in [6.45, 7) is 0. The molecule has 1 heterocycles. The zero-order chi connectivity index (χ0) is 24.1. The molecule has 0 aliphatic carbocycles. The fourth-order valence-corrected chi connectivity index (χ4v) is 5.02. The summed E-state index contributed by atoms with van der Waals surface area (Å²) < 4.78 is 5.54. The lowest BCUT2D eigenvalue weighted by atomic mass is 9.78. The number of rotatable bonds is 6. The Labute approximate surface area is 212 Å². The molecule has 2 aromatic carbocycles. The van der Waals surface area contributed by atoms with Crippen LogP contribution in [0.25, 0.3) is 0 Å². The minimum atomic E-state index is -1.25. The number of nitriles is 1. The Morgan fingerprint density at radius 2 is 2.03 bits per heavy atom. The van der Waals surface area contributed by atoms with Crippen LogP contribution in [0, 0.1) is 17.2 Å². The number of benzene rings is 2. The van der Waals surface area contributed by atoms with Crippen LogP contribution in [0.3, 0.4) is 0 Å². The standard InChI is InChI=1S/C22H16BrCl2N3O4S/c1-32-22(31)19-18(11-3-2-4-12(23)7-11)14(9-26)21(28-20(19)30)33-10-17(29)27-16-6-5-13(24)8-15(16)25/h2-8,18-19H,10H2,1H3,(H,27,29)(H,28,30)/t18-,19+/m1/s1. The number of ether oxygens (including phenoxy) is 1. The SMILES string of the molecule is COC(=O)[C@@H]1C(=O)NC(SCC(=O)Nc2ccc(Cl)cc2Cl)=C(C#N)[C@H]1c1cccc(Br)c1. The van der Waals surface area contributed by atoms with Crippen LogP contribution in [-0.4, -0.2) is 30.6 Å². The number of thioether (sulfide) groups is 1. The number of nitrogens with one attached hydrogen (secondary N) is 2. The maximum absolute atomic E-state index is 12.8. The Bertz CT molecular complexity index is 1200. The lowest BCUT2D eigenvalue weighted by molar-refractivity contribution is -0.150. The highest BCUT2D eigenvalue weighted by molar-refractivity contribution is 9.10. The van der Waals surface area contributed by atoms with Crippen LogP contribution in [0.5, 0.6) is 0 Å². The number of hydrogen-bond acceptors (Lipinski definition) is 6. The first kappa shape index (κ1) is 25.1. The van der Waals surface area contributed by atoms with E-state index in [0.717, 1.165) is 16.2 Å². The van der Waals surface area contributed by atoms with E-state index in [1.807, 2.05) is 0 Å². The van der Waals surface area contributed by atoms with Gasteiger partial charge in [0.1, 0.15) is 5.92 Å². The first-order chi connectivity index (χ1) is 15.7. The first-order valence-electron chi connectivity index (χ1n) is 9.41. The van der Waals surface area contributed by atoms with Crippen LogP contribution >= 0.6 is 50.9 Å². The van der Waals surface area contributed by atoms with Gasteiger partial charge in [-0.3, -0.25) is 14.4 Å². The highest BCUT2D eigenvalue weighted by Crippen LogP contribution is 2.40. The Hall–Kier alpha value is -2.51. The van der Waals surface area contributed by atoms with Crippen LogP contribution in [0.1, 0.15) is 11.5 Å². The Kier molecular flexibility index (Phi) is 8.43. The molecule has 170 valence electrons. The van der Waals surface area contributed by atoms with Gasteiger partial charge in [-0.15, -0.1) is 0 Å². The number of carbonyl (C=O) groups is 3. The summed E-state index contributed by atoms with van der Waals surface area (Å²) in [6, 6.07) is 13.7. The van der Waals surface area contributed by atoms with Gasteiger partial charge in [0.2, 0.25) is 11.8 Å². The van der Waals surface area contributed by atoms with E-state index >= 15 is 0 Å². The van der Waals surface area contributed by atoms with Crippen LogP contribution in [0.2, 0.25) is 10.0 Å². The van der Waals surface area contributed by atoms with E-state index in [9.17, 15) is 19.6 Å². The van der Waals surface area contributed by atoms with Crippen LogP contribution in [0.15, 0.2) is 57.5 Å². The van der Waals surface area contributed by atoms with Crippen molar-refractivity contribution in [3.63, 3.8) is 0 Å². The molecule has 0 bridgehead atoms. The number of methoxy groups -OCH3 is 1. The molecule has 2 atom stereocenters. The van der Waals surface area contributed by atoms with E-state index in [4.69, 9.17) is 27.9 Å².